The van der Waals surface area contributed by atoms with Crippen molar-refractivity contribution in [1.29, 1.82) is 0 Å². The van der Waals surface area contributed by atoms with Gasteiger partial charge in [0.25, 0.3) is 0 Å². The first-order valence-corrected chi connectivity index (χ1v) is 12.6. The smallest absolute Gasteiger partial charge is 0.236 e. The molecule has 8 heteroatoms. The Hall–Kier alpha value is -2.74. The molecule has 1 aliphatic rings. The second-order valence-corrected chi connectivity index (χ2v) is 10.1. The zero-order chi connectivity index (χ0) is 23.7. The maximum Gasteiger partial charge on any atom is 0.236 e. The molecule has 1 saturated carbocycles. The van der Waals surface area contributed by atoms with E-state index in [2.05, 4.69) is 31.5 Å². The van der Waals surface area contributed by atoms with Crippen LogP contribution in [0, 0.1) is 0 Å². The number of carbonyl (C=O) groups excluding carboxylic acids is 1. The molecule has 1 aromatic heterocycles. The van der Waals surface area contributed by atoms with Crippen molar-refractivity contribution in [2.75, 3.05) is 5.32 Å². The van der Waals surface area contributed by atoms with Gasteiger partial charge in [0.15, 0.2) is 10.7 Å². The Morgan fingerprint density at radius 3 is 2.59 bits per heavy atom. The van der Waals surface area contributed by atoms with Gasteiger partial charge in [0.2, 0.25) is 11.8 Å². The average molecular weight is 555 g/mol. The van der Waals surface area contributed by atoms with Gasteiger partial charge in [-0.2, -0.15) is 0 Å². The SMILES string of the molecule is O=C(NC(=S)Nc1ccc2oc(-c3cc(Br)ccc3Cl)nc2c1)C1(c2ccccc2)CCCC1. The van der Waals surface area contributed by atoms with Gasteiger partial charge in [-0.1, -0.05) is 70.7 Å². The van der Waals surface area contributed by atoms with Crippen molar-refractivity contribution in [2.45, 2.75) is 31.1 Å². The zero-order valence-corrected chi connectivity index (χ0v) is 21.3. The minimum absolute atomic E-state index is 0.0669. The number of carbonyl (C=O) groups is 1. The Labute approximate surface area is 216 Å². The molecule has 0 atom stereocenters. The quantitative estimate of drug-likeness (QED) is 0.260. The highest BCUT2D eigenvalue weighted by molar-refractivity contribution is 9.10. The van der Waals surface area contributed by atoms with Crippen LogP contribution in [-0.4, -0.2) is 16.0 Å². The number of benzene rings is 3. The lowest BCUT2D eigenvalue weighted by atomic mass is 9.78. The number of thiocarbonyl (C=S) groups is 1. The van der Waals surface area contributed by atoms with Gasteiger partial charge in [-0.15, -0.1) is 0 Å². The van der Waals surface area contributed by atoms with Crippen molar-refractivity contribution in [2.24, 2.45) is 0 Å². The highest BCUT2D eigenvalue weighted by Crippen LogP contribution is 2.41. The fourth-order valence-corrected chi connectivity index (χ4v) is 5.32. The van der Waals surface area contributed by atoms with Crippen molar-refractivity contribution in [3.05, 3.63) is 81.8 Å². The van der Waals surface area contributed by atoms with Crippen LogP contribution in [0.4, 0.5) is 5.69 Å². The third-order valence-electron chi connectivity index (χ3n) is 6.25. The highest BCUT2D eigenvalue weighted by Gasteiger charge is 2.42. The summed E-state index contributed by atoms with van der Waals surface area (Å²) >= 11 is 15.3. The maximum absolute atomic E-state index is 13.3. The minimum Gasteiger partial charge on any atom is -0.436 e. The second-order valence-electron chi connectivity index (χ2n) is 8.39. The largest absolute Gasteiger partial charge is 0.436 e. The molecule has 0 bridgehead atoms. The molecule has 1 aliphatic carbocycles. The Bertz CT molecular complexity index is 1380. The van der Waals surface area contributed by atoms with Crippen LogP contribution in [-0.2, 0) is 10.2 Å². The summed E-state index contributed by atoms with van der Waals surface area (Å²) in [6, 6.07) is 20.9. The monoisotopic (exact) mass is 553 g/mol. The van der Waals surface area contributed by atoms with Crippen molar-refractivity contribution in [1.82, 2.24) is 10.3 Å². The second kappa shape index (κ2) is 9.49. The van der Waals surface area contributed by atoms with Crippen molar-refractivity contribution >= 4 is 67.6 Å². The Kier molecular flexibility index (Phi) is 6.42. The summed E-state index contributed by atoms with van der Waals surface area (Å²) in [6.45, 7) is 0. The van der Waals surface area contributed by atoms with Gasteiger partial charge in [0, 0.05) is 10.2 Å². The molecule has 1 amide bonds. The van der Waals surface area contributed by atoms with E-state index in [1.165, 1.54) is 0 Å². The molecule has 1 heterocycles. The van der Waals surface area contributed by atoms with Crippen LogP contribution >= 0.6 is 39.7 Å². The van der Waals surface area contributed by atoms with Gasteiger partial charge in [0.1, 0.15) is 5.52 Å². The number of rotatable bonds is 4. The van der Waals surface area contributed by atoms with Crippen LogP contribution in [0.5, 0.6) is 0 Å². The first-order valence-electron chi connectivity index (χ1n) is 11.0. The first kappa shape index (κ1) is 23.0. The molecule has 34 heavy (non-hydrogen) atoms. The van der Waals surface area contributed by atoms with Crippen molar-refractivity contribution in [3.8, 4) is 11.5 Å². The molecule has 0 unspecified atom stereocenters. The molecule has 0 saturated heterocycles. The van der Waals surface area contributed by atoms with Gasteiger partial charge in [-0.25, -0.2) is 4.98 Å². The predicted octanol–water partition coefficient (Wildman–Crippen LogP) is 7.24. The van der Waals surface area contributed by atoms with E-state index in [4.69, 9.17) is 28.2 Å². The van der Waals surface area contributed by atoms with Crippen LogP contribution in [0.2, 0.25) is 5.02 Å². The molecule has 0 aliphatic heterocycles. The third-order valence-corrected chi connectivity index (χ3v) is 7.28. The molecular weight excluding hydrogens is 534 g/mol. The zero-order valence-electron chi connectivity index (χ0n) is 18.1. The lowest BCUT2D eigenvalue weighted by Gasteiger charge is -2.28. The standard InChI is InChI=1S/C26H21BrClN3O2S/c27-17-8-10-20(28)19(14-17)23-30-21-15-18(9-11-22(21)33-23)29-25(34)31-24(32)26(12-4-5-13-26)16-6-2-1-3-7-16/h1-3,6-11,14-15H,4-5,12-13H2,(H2,29,31,32,34). The van der Waals surface area contributed by atoms with E-state index in [1.54, 1.807) is 6.07 Å². The van der Waals surface area contributed by atoms with E-state index in [9.17, 15) is 4.79 Å². The summed E-state index contributed by atoms with van der Waals surface area (Å²) in [7, 11) is 0. The molecular formula is C26H21BrClN3O2S. The van der Waals surface area contributed by atoms with Crippen LogP contribution < -0.4 is 10.6 Å². The number of nitrogens with zero attached hydrogens (tertiary/aromatic N) is 1. The van der Waals surface area contributed by atoms with Gasteiger partial charge in [0.05, 0.1) is 16.0 Å². The molecule has 0 spiro atoms. The molecule has 172 valence electrons. The summed E-state index contributed by atoms with van der Waals surface area (Å²) in [5.41, 5.74) is 3.18. The molecule has 2 N–H and O–H groups in total. The predicted molar refractivity (Wildman–Crippen MR) is 143 cm³/mol. The summed E-state index contributed by atoms with van der Waals surface area (Å²) in [5, 5.41) is 6.84. The van der Waals surface area contributed by atoms with E-state index in [0.717, 1.165) is 35.7 Å². The molecule has 3 aromatic carbocycles. The number of halogens is 2. The highest BCUT2D eigenvalue weighted by atomic mass is 79.9. The summed E-state index contributed by atoms with van der Waals surface area (Å²) in [5.74, 6) is 0.364. The maximum atomic E-state index is 13.3. The fraction of sp³-hybridized carbons (Fsp3) is 0.192. The molecule has 0 radical (unpaired) electrons. The van der Waals surface area contributed by atoms with Crippen molar-refractivity contribution < 1.29 is 9.21 Å². The van der Waals surface area contributed by atoms with E-state index >= 15 is 0 Å². The van der Waals surface area contributed by atoms with Gasteiger partial charge in [-0.05, 0) is 67.0 Å². The summed E-state index contributed by atoms with van der Waals surface area (Å²) < 4.78 is 6.78. The summed E-state index contributed by atoms with van der Waals surface area (Å²) in [6.07, 6.45) is 3.68. The number of amides is 1. The van der Waals surface area contributed by atoms with Crippen LogP contribution in [0.1, 0.15) is 31.2 Å². The minimum atomic E-state index is -0.540. The normalized spacial score (nSPS) is 14.8. The van der Waals surface area contributed by atoms with Gasteiger partial charge in [-0.3, -0.25) is 4.79 Å². The summed E-state index contributed by atoms with van der Waals surface area (Å²) in [4.78, 5) is 17.9. The molecule has 5 rings (SSSR count). The number of nitrogens with one attached hydrogen (secondary N) is 2. The Balaban J connectivity index is 1.33. The Morgan fingerprint density at radius 2 is 1.82 bits per heavy atom. The van der Waals surface area contributed by atoms with Crippen LogP contribution in [0.3, 0.4) is 0 Å². The van der Waals surface area contributed by atoms with E-state index in [-0.39, 0.29) is 11.0 Å². The topological polar surface area (TPSA) is 67.2 Å². The van der Waals surface area contributed by atoms with E-state index in [0.29, 0.717) is 33.3 Å². The Morgan fingerprint density at radius 1 is 1.06 bits per heavy atom. The molecule has 5 nitrogen and oxygen atoms in total. The number of fused-ring (bicyclic) bond motifs is 1. The number of aromatic nitrogens is 1. The number of anilines is 1. The lowest BCUT2D eigenvalue weighted by Crippen LogP contribution is -2.46. The van der Waals surface area contributed by atoms with Crippen molar-refractivity contribution in [3.63, 3.8) is 0 Å². The molecule has 4 aromatic rings. The lowest BCUT2D eigenvalue weighted by molar-refractivity contribution is -0.125. The van der Waals surface area contributed by atoms with Crippen LogP contribution in [0.25, 0.3) is 22.6 Å². The number of hydrogen-bond donors (Lipinski definition) is 2. The number of oxazole rings is 1. The third kappa shape index (κ3) is 4.48. The fourth-order valence-electron chi connectivity index (χ4n) is 4.55. The van der Waals surface area contributed by atoms with Gasteiger partial charge >= 0.3 is 0 Å². The molecule has 1 fully saturated rings. The number of hydrogen-bond acceptors (Lipinski definition) is 4. The average Bonchev–Trinajstić information content (AvgIpc) is 3.49. The van der Waals surface area contributed by atoms with E-state index in [1.807, 2.05) is 60.7 Å². The first-order chi connectivity index (χ1) is 16.4. The van der Waals surface area contributed by atoms with E-state index < -0.39 is 5.41 Å². The van der Waals surface area contributed by atoms with Crippen LogP contribution in [0.15, 0.2) is 75.6 Å². The van der Waals surface area contributed by atoms with Gasteiger partial charge < -0.3 is 15.1 Å².